The quantitative estimate of drug-likeness (QED) is 0.742. The van der Waals surface area contributed by atoms with Crippen LogP contribution in [0.1, 0.15) is 19.3 Å². The molecule has 2 amide bonds. The maximum absolute atomic E-state index is 14.1. The van der Waals surface area contributed by atoms with E-state index < -0.39 is 37.6 Å². The number of amides is 2. The summed E-state index contributed by atoms with van der Waals surface area (Å²) in [4.78, 5) is 26.4. The molecular formula is C17H18F4N2O4. The van der Waals surface area contributed by atoms with E-state index in [9.17, 15) is 27.2 Å². The number of likely N-dealkylation sites (tertiary alicyclic amines) is 2. The van der Waals surface area contributed by atoms with Crippen molar-refractivity contribution in [2.75, 3.05) is 19.6 Å². The summed E-state index contributed by atoms with van der Waals surface area (Å²) in [5.41, 5.74) is 0. The van der Waals surface area contributed by atoms with Crippen molar-refractivity contribution in [3.8, 4) is 11.5 Å². The number of hydrogen-bond donors (Lipinski definition) is 0. The molecule has 1 atom stereocenters. The van der Waals surface area contributed by atoms with E-state index in [1.807, 2.05) is 0 Å². The highest BCUT2D eigenvalue weighted by Gasteiger charge is 2.46. The maximum Gasteiger partial charge on any atom is 0.415 e. The predicted molar refractivity (Wildman–Crippen MR) is 85.0 cm³/mol. The van der Waals surface area contributed by atoms with Crippen molar-refractivity contribution in [2.45, 2.75) is 37.8 Å². The van der Waals surface area contributed by atoms with Crippen LogP contribution in [0, 0.1) is 0 Å². The Labute approximate surface area is 152 Å². The third-order valence-corrected chi connectivity index (χ3v) is 4.45. The molecule has 2 aliphatic rings. The average Bonchev–Trinajstić information content (AvgIpc) is 3.01. The number of carbonyl (C=O) groups excluding carboxylic acids is 2. The summed E-state index contributed by atoms with van der Waals surface area (Å²) in [5, 5.41) is 0. The molecule has 0 N–H and O–H groups in total. The molecule has 2 aliphatic heterocycles. The van der Waals surface area contributed by atoms with Gasteiger partial charge in [0.25, 0.3) is 5.92 Å². The molecule has 6 nitrogen and oxygen atoms in total. The Balaban J connectivity index is 1.65. The van der Waals surface area contributed by atoms with Gasteiger partial charge in [-0.25, -0.2) is 13.6 Å². The fourth-order valence-corrected chi connectivity index (χ4v) is 3.33. The number of carbonyl (C=O) groups is 2. The second-order valence-corrected chi connectivity index (χ2v) is 6.50. The second kappa shape index (κ2) is 7.61. The number of halogens is 4. The molecule has 0 spiro atoms. The molecule has 0 saturated carbocycles. The molecule has 0 bridgehead atoms. The average molecular weight is 390 g/mol. The van der Waals surface area contributed by atoms with Gasteiger partial charge in [-0.05, 0) is 30.7 Å². The minimum absolute atomic E-state index is 0.00399. The number of piperidine rings is 1. The van der Waals surface area contributed by atoms with E-state index in [2.05, 4.69) is 4.74 Å². The molecule has 2 saturated heterocycles. The van der Waals surface area contributed by atoms with Crippen molar-refractivity contribution in [3.63, 3.8) is 0 Å². The summed E-state index contributed by atoms with van der Waals surface area (Å²) < 4.78 is 61.6. The largest absolute Gasteiger partial charge is 0.435 e. The standard InChI is InChI=1S/C17H18F4N2O4/c18-15(19)26-12-3-5-13(6-4-12)27-16(25)22-9-11(8-17(20,21)10-22)23-7-1-2-14(23)24/h3-6,11,15H,1-2,7-10H2/t11-/m1/s1. The van der Waals surface area contributed by atoms with E-state index >= 15 is 0 Å². The van der Waals surface area contributed by atoms with Gasteiger partial charge in [0, 0.05) is 25.9 Å². The molecule has 2 heterocycles. The van der Waals surface area contributed by atoms with E-state index in [1.165, 1.54) is 29.2 Å². The Morgan fingerprint density at radius 1 is 1.19 bits per heavy atom. The van der Waals surface area contributed by atoms with Gasteiger partial charge in [-0.15, -0.1) is 0 Å². The van der Waals surface area contributed by atoms with Gasteiger partial charge in [-0.1, -0.05) is 0 Å². The van der Waals surface area contributed by atoms with Crippen molar-refractivity contribution in [1.82, 2.24) is 9.80 Å². The first kappa shape index (κ1) is 19.2. The molecular weight excluding hydrogens is 372 g/mol. The van der Waals surface area contributed by atoms with Gasteiger partial charge >= 0.3 is 12.7 Å². The lowest BCUT2D eigenvalue weighted by molar-refractivity contribution is -0.135. The maximum atomic E-state index is 14.1. The summed E-state index contributed by atoms with van der Waals surface area (Å²) in [6.45, 7) is -3.45. The van der Waals surface area contributed by atoms with Crippen LogP contribution in [0.4, 0.5) is 22.4 Å². The molecule has 2 fully saturated rings. The lowest BCUT2D eigenvalue weighted by Crippen LogP contribution is -2.57. The zero-order valence-electron chi connectivity index (χ0n) is 14.2. The van der Waals surface area contributed by atoms with E-state index in [0.717, 1.165) is 4.90 Å². The summed E-state index contributed by atoms with van der Waals surface area (Å²) >= 11 is 0. The van der Waals surface area contributed by atoms with Gasteiger partial charge < -0.3 is 14.4 Å². The van der Waals surface area contributed by atoms with Gasteiger partial charge in [0.05, 0.1) is 12.6 Å². The van der Waals surface area contributed by atoms with E-state index in [0.29, 0.717) is 19.4 Å². The Bertz CT molecular complexity index is 699. The van der Waals surface area contributed by atoms with E-state index in [1.54, 1.807) is 0 Å². The highest BCUT2D eigenvalue weighted by molar-refractivity contribution is 5.78. The Kier molecular flexibility index (Phi) is 5.43. The second-order valence-electron chi connectivity index (χ2n) is 6.50. The first-order valence-corrected chi connectivity index (χ1v) is 8.42. The van der Waals surface area contributed by atoms with Crippen LogP contribution >= 0.6 is 0 Å². The smallest absolute Gasteiger partial charge is 0.415 e. The van der Waals surface area contributed by atoms with Crippen molar-refractivity contribution >= 4 is 12.0 Å². The topological polar surface area (TPSA) is 59.1 Å². The molecule has 0 aliphatic carbocycles. The predicted octanol–water partition coefficient (Wildman–Crippen LogP) is 3.12. The summed E-state index contributed by atoms with van der Waals surface area (Å²) in [5.74, 6) is -3.45. The molecule has 0 radical (unpaired) electrons. The van der Waals surface area contributed by atoms with Gasteiger partial charge in [0.2, 0.25) is 5.91 Å². The summed E-state index contributed by atoms with van der Waals surface area (Å²) in [6, 6.07) is 4.02. The Morgan fingerprint density at radius 3 is 2.44 bits per heavy atom. The summed E-state index contributed by atoms with van der Waals surface area (Å²) in [6.07, 6.45) is -0.561. The number of rotatable bonds is 4. The fraction of sp³-hybridized carbons (Fsp3) is 0.529. The number of benzene rings is 1. The minimum atomic E-state index is -3.14. The van der Waals surface area contributed by atoms with Gasteiger partial charge in [-0.2, -0.15) is 8.78 Å². The van der Waals surface area contributed by atoms with E-state index in [4.69, 9.17) is 4.74 Å². The third kappa shape index (κ3) is 4.81. The normalized spacial score (nSPS) is 22.3. The molecule has 10 heteroatoms. The van der Waals surface area contributed by atoms with Crippen molar-refractivity contribution in [2.24, 2.45) is 0 Å². The molecule has 0 aromatic heterocycles. The molecule has 27 heavy (non-hydrogen) atoms. The van der Waals surface area contributed by atoms with Crippen molar-refractivity contribution in [1.29, 1.82) is 0 Å². The molecule has 1 aromatic rings. The van der Waals surface area contributed by atoms with Gasteiger partial charge in [-0.3, -0.25) is 9.69 Å². The van der Waals surface area contributed by atoms with Crippen LogP contribution in [0.25, 0.3) is 0 Å². The first-order chi connectivity index (χ1) is 12.7. The molecule has 148 valence electrons. The highest BCUT2D eigenvalue weighted by atomic mass is 19.3. The molecule has 1 aromatic carbocycles. The Morgan fingerprint density at radius 2 is 1.85 bits per heavy atom. The zero-order valence-corrected chi connectivity index (χ0v) is 14.2. The van der Waals surface area contributed by atoms with Crippen LogP contribution < -0.4 is 9.47 Å². The van der Waals surface area contributed by atoms with Crippen LogP contribution in [-0.4, -0.2) is 60.0 Å². The van der Waals surface area contributed by atoms with Crippen LogP contribution in [0.5, 0.6) is 11.5 Å². The number of alkyl halides is 4. The van der Waals surface area contributed by atoms with Crippen molar-refractivity contribution in [3.05, 3.63) is 24.3 Å². The Hall–Kier alpha value is -2.52. The number of nitrogens with zero attached hydrogens (tertiary/aromatic N) is 2. The lowest BCUT2D eigenvalue weighted by Gasteiger charge is -2.40. The molecule has 3 rings (SSSR count). The number of hydrogen-bond acceptors (Lipinski definition) is 4. The van der Waals surface area contributed by atoms with Crippen LogP contribution in [0.2, 0.25) is 0 Å². The fourth-order valence-electron chi connectivity index (χ4n) is 3.33. The first-order valence-electron chi connectivity index (χ1n) is 8.42. The monoisotopic (exact) mass is 390 g/mol. The minimum Gasteiger partial charge on any atom is -0.435 e. The summed E-state index contributed by atoms with van der Waals surface area (Å²) in [7, 11) is 0. The zero-order chi connectivity index (χ0) is 19.6. The number of ether oxygens (including phenoxy) is 2. The van der Waals surface area contributed by atoms with Crippen LogP contribution in [-0.2, 0) is 4.79 Å². The van der Waals surface area contributed by atoms with Gasteiger partial charge in [0.15, 0.2) is 0 Å². The van der Waals surface area contributed by atoms with Crippen molar-refractivity contribution < 1.29 is 36.6 Å². The van der Waals surface area contributed by atoms with Gasteiger partial charge in [0.1, 0.15) is 11.5 Å². The SMILES string of the molecule is O=C(Oc1ccc(OC(F)F)cc1)N1C[C@H](N2CCCC2=O)CC(F)(F)C1. The third-order valence-electron chi connectivity index (χ3n) is 4.45. The van der Waals surface area contributed by atoms with Crippen LogP contribution in [0.15, 0.2) is 24.3 Å². The molecule has 0 unspecified atom stereocenters. The highest BCUT2D eigenvalue weighted by Crippen LogP contribution is 2.32. The van der Waals surface area contributed by atoms with Crippen LogP contribution in [0.3, 0.4) is 0 Å². The lowest BCUT2D eigenvalue weighted by atomic mass is 10.0. The van der Waals surface area contributed by atoms with E-state index in [-0.39, 0.29) is 24.0 Å².